The second-order valence-electron chi connectivity index (χ2n) is 6.80. The first kappa shape index (κ1) is 17.0. The van der Waals surface area contributed by atoms with Crippen LogP contribution in [0, 0.1) is 0 Å². The van der Waals surface area contributed by atoms with Crippen molar-refractivity contribution in [3.63, 3.8) is 0 Å². The second kappa shape index (κ2) is 6.39. The summed E-state index contributed by atoms with van der Waals surface area (Å²) >= 11 is 0. The number of fused-ring (bicyclic) bond motifs is 2. The van der Waals surface area contributed by atoms with Crippen molar-refractivity contribution in [3.05, 3.63) is 52.5 Å². The van der Waals surface area contributed by atoms with Gasteiger partial charge in [-0.15, -0.1) is 0 Å². The highest BCUT2D eigenvalue weighted by Crippen LogP contribution is 2.27. The fourth-order valence-corrected chi connectivity index (χ4v) is 4.72. The lowest BCUT2D eigenvalue weighted by atomic mass is 9.92. The molecule has 1 aromatic heterocycles. The minimum absolute atomic E-state index is 0.00812. The Kier molecular flexibility index (Phi) is 4.19. The number of Topliss-reactive ketones (excluding diaryl/α,β-unsaturated/α-hetero) is 1. The van der Waals surface area contributed by atoms with Gasteiger partial charge in [-0.3, -0.25) is 9.59 Å². The van der Waals surface area contributed by atoms with Crippen LogP contribution in [-0.2, 0) is 29.3 Å². The van der Waals surface area contributed by atoms with Gasteiger partial charge >= 0.3 is 0 Å². The number of aryl methyl sites for hydroxylation is 3. The minimum atomic E-state index is -4.02. The van der Waals surface area contributed by atoms with E-state index in [9.17, 15) is 18.0 Å². The second-order valence-corrected chi connectivity index (χ2v) is 8.48. The monoisotopic (exact) mass is 373 g/mol. The van der Waals surface area contributed by atoms with Crippen molar-refractivity contribution in [2.75, 3.05) is 0 Å². The third-order valence-corrected chi connectivity index (χ3v) is 6.38. The third-order valence-electron chi connectivity index (χ3n) is 5.06. The Morgan fingerprint density at radius 1 is 1.00 bits per heavy atom. The lowest BCUT2D eigenvalue weighted by molar-refractivity contribution is 0.0942. The summed E-state index contributed by atoms with van der Waals surface area (Å²) in [6.07, 6.45) is 6.69. The molecule has 2 aliphatic carbocycles. The molecule has 1 aromatic carbocycles. The zero-order valence-electron chi connectivity index (χ0n) is 14.2. The largest absolute Gasteiger partial charge is 0.468 e. The van der Waals surface area contributed by atoms with Crippen molar-refractivity contribution in [1.29, 1.82) is 0 Å². The Balaban J connectivity index is 1.61. The van der Waals surface area contributed by atoms with Gasteiger partial charge in [0, 0.05) is 12.8 Å². The summed E-state index contributed by atoms with van der Waals surface area (Å²) in [5, 5.41) is 0. The molecule has 1 N–H and O–H groups in total. The van der Waals surface area contributed by atoms with Gasteiger partial charge in [0.25, 0.3) is 15.9 Å². The number of carbonyl (C=O) groups is 2. The number of nitrogens with one attached hydrogen (secondary N) is 1. The van der Waals surface area contributed by atoms with Crippen molar-refractivity contribution in [2.45, 2.75) is 49.8 Å². The molecule has 0 aliphatic heterocycles. The number of furan rings is 1. The summed E-state index contributed by atoms with van der Waals surface area (Å²) in [6.45, 7) is 0. The van der Waals surface area contributed by atoms with Crippen LogP contribution in [0.4, 0.5) is 0 Å². The minimum Gasteiger partial charge on any atom is -0.468 e. The van der Waals surface area contributed by atoms with Gasteiger partial charge < -0.3 is 4.42 Å². The van der Waals surface area contributed by atoms with Crippen LogP contribution < -0.4 is 4.72 Å². The first-order chi connectivity index (χ1) is 12.5. The zero-order valence-corrected chi connectivity index (χ0v) is 15.0. The van der Waals surface area contributed by atoms with Crippen LogP contribution >= 0.6 is 0 Å². The molecule has 0 atom stereocenters. The molecule has 4 rings (SSSR count). The first-order valence-electron chi connectivity index (χ1n) is 8.78. The smallest absolute Gasteiger partial charge is 0.269 e. The average Bonchev–Trinajstić information content (AvgIpc) is 3.06. The van der Waals surface area contributed by atoms with E-state index in [0.717, 1.165) is 36.8 Å². The van der Waals surface area contributed by atoms with Crippen LogP contribution in [-0.4, -0.2) is 20.1 Å². The maximum atomic E-state index is 12.6. The molecule has 2 aliphatic rings. The van der Waals surface area contributed by atoms with Crippen LogP contribution in [0.5, 0.6) is 0 Å². The molecule has 0 radical (unpaired) electrons. The highest BCUT2D eigenvalue weighted by molar-refractivity contribution is 7.90. The third kappa shape index (κ3) is 2.96. The summed E-state index contributed by atoms with van der Waals surface area (Å²) in [4.78, 5) is 24.6. The van der Waals surface area contributed by atoms with Crippen molar-refractivity contribution in [2.24, 2.45) is 0 Å². The highest BCUT2D eigenvalue weighted by Gasteiger charge is 2.30. The lowest BCUT2D eigenvalue weighted by Gasteiger charge is -2.16. The lowest BCUT2D eigenvalue weighted by Crippen LogP contribution is -2.31. The van der Waals surface area contributed by atoms with E-state index in [1.54, 1.807) is 6.07 Å². The molecule has 0 unspecified atom stereocenters. The van der Waals surface area contributed by atoms with E-state index in [-0.39, 0.29) is 21.8 Å². The molecule has 6 nitrogen and oxygen atoms in total. The maximum absolute atomic E-state index is 12.6. The molecule has 26 heavy (non-hydrogen) atoms. The van der Waals surface area contributed by atoms with E-state index in [1.165, 1.54) is 12.3 Å². The Labute approximate surface area is 151 Å². The molecule has 0 bridgehead atoms. The Morgan fingerprint density at radius 3 is 2.58 bits per heavy atom. The van der Waals surface area contributed by atoms with Crippen LogP contribution in [0.3, 0.4) is 0 Å². The summed E-state index contributed by atoms with van der Waals surface area (Å²) in [7, 11) is -4.02. The van der Waals surface area contributed by atoms with E-state index in [0.29, 0.717) is 25.0 Å². The van der Waals surface area contributed by atoms with Gasteiger partial charge in [0.2, 0.25) is 0 Å². The van der Waals surface area contributed by atoms with Crippen LogP contribution in [0.25, 0.3) is 0 Å². The van der Waals surface area contributed by atoms with Crippen molar-refractivity contribution >= 4 is 21.7 Å². The number of sulfonamides is 1. The normalized spacial score (nSPS) is 16.7. The molecule has 1 heterocycles. The molecule has 2 aromatic rings. The molecule has 0 saturated carbocycles. The number of hydrogen-bond acceptors (Lipinski definition) is 5. The number of carbonyl (C=O) groups excluding carboxylic acids is 2. The molecule has 7 heteroatoms. The van der Waals surface area contributed by atoms with Gasteiger partial charge in [-0.05, 0) is 55.4 Å². The predicted molar refractivity (Wildman–Crippen MR) is 93.7 cm³/mol. The number of benzene rings is 1. The van der Waals surface area contributed by atoms with E-state index in [1.807, 2.05) is 6.07 Å². The zero-order chi connectivity index (χ0) is 18.3. The molecule has 1 amide bonds. The molecule has 0 saturated heterocycles. The topological polar surface area (TPSA) is 93.4 Å². The molecule has 0 spiro atoms. The van der Waals surface area contributed by atoms with Gasteiger partial charge in [0.15, 0.2) is 5.78 Å². The van der Waals surface area contributed by atoms with E-state index in [2.05, 4.69) is 4.72 Å². The molecule has 0 fully saturated rings. The Morgan fingerprint density at radius 2 is 1.77 bits per heavy atom. The van der Waals surface area contributed by atoms with Crippen LogP contribution in [0.2, 0.25) is 0 Å². The molecule has 136 valence electrons. The predicted octanol–water partition coefficient (Wildman–Crippen LogP) is 2.80. The fourth-order valence-electron chi connectivity index (χ4n) is 3.70. The Hall–Kier alpha value is -2.41. The van der Waals surface area contributed by atoms with Crippen LogP contribution in [0.15, 0.2) is 33.8 Å². The van der Waals surface area contributed by atoms with Gasteiger partial charge in [-0.1, -0.05) is 6.07 Å². The average molecular weight is 373 g/mol. The number of hydrogen-bond donors (Lipinski definition) is 1. The molecular formula is C19H19NO5S. The van der Waals surface area contributed by atoms with E-state index < -0.39 is 15.9 Å². The van der Waals surface area contributed by atoms with Gasteiger partial charge in [0.05, 0.1) is 16.0 Å². The number of rotatable bonds is 3. The van der Waals surface area contributed by atoms with Crippen molar-refractivity contribution in [1.82, 2.24) is 4.72 Å². The van der Waals surface area contributed by atoms with Crippen LogP contribution in [0.1, 0.15) is 63.3 Å². The summed E-state index contributed by atoms with van der Waals surface area (Å²) in [6, 6.07) is 4.98. The summed E-state index contributed by atoms with van der Waals surface area (Å²) in [5.74, 6) is -0.558. The van der Waals surface area contributed by atoms with Gasteiger partial charge in [0.1, 0.15) is 12.0 Å². The standard InChI is InChI=1S/C19H19NO5S/c21-16-6-3-7-17-18(16)15(11-25-17)19(22)20-26(23,24)14-9-8-12-4-1-2-5-13(12)10-14/h8-11H,1-7H2,(H,20,22). The van der Waals surface area contributed by atoms with Gasteiger partial charge in [-0.25, -0.2) is 13.1 Å². The summed E-state index contributed by atoms with van der Waals surface area (Å²) < 4.78 is 32.6. The van der Waals surface area contributed by atoms with E-state index in [4.69, 9.17) is 4.42 Å². The number of amides is 1. The Bertz CT molecular complexity index is 1000. The maximum Gasteiger partial charge on any atom is 0.269 e. The van der Waals surface area contributed by atoms with Crippen molar-refractivity contribution in [3.8, 4) is 0 Å². The number of ketones is 1. The van der Waals surface area contributed by atoms with E-state index >= 15 is 0 Å². The molecular weight excluding hydrogens is 354 g/mol. The SMILES string of the molecule is O=C(NS(=O)(=O)c1ccc2c(c1)CCCC2)c1coc2c1C(=O)CCC2. The highest BCUT2D eigenvalue weighted by atomic mass is 32.2. The van der Waals surface area contributed by atoms with Crippen molar-refractivity contribution < 1.29 is 22.4 Å². The fraction of sp³-hybridized carbons (Fsp3) is 0.368. The van der Waals surface area contributed by atoms with Gasteiger partial charge in [-0.2, -0.15) is 0 Å². The first-order valence-corrected chi connectivity index (χ1v) is 10.3. The summed E-state index contributed by atoms with van der Waals surface area (Å²) in [5.41, 5.74) is 2.39. The quantitative estimate of drug-likeness (QED) is 0.893.